The quantitative estimate of drug-likeness (QED) is 0.632. The molecule has 5 heteroatoms. The average molecular weight is 364 g/mol. The summed E-state index contributed by atoms with van der Waals surface area (Å²) in [5.74, 6) is -0.222. The maximum atomic E-state index is 12.1. The molecule has 2 amide bonds. The first kappa shape index (κ1) is 24.0. The molecule has 26 heavy (non-hydrogen) atoms. The number of hydrogen-bond donors (Lipinski definition) is 3. The lowest BCUT2D eigenvalue weighted by molar-refractivity contribution is -0.119. The first-order valence-electron chi connectivity index (χ1n) is 9.76. The minimum Gasteiger partial charge on any atom is -0.384 e. The van der Waals surface area contributed by atoms with Crippen LogP contribution in [0, 0.1) is 0 Å². The molecule has 0 aromatic carbocycles. The minimum absolute atomic E-state index is 0.0890. The highest BCUT2D eigenvalue weighted by Crippen LogP contribution is 2.22. The second kappa shape index (κ2) is 14.2. The smallest absolute Gasteiger partial charge is 0.251 e. The Morgan fingerprint density at radius 1 is 1.27 bits per heavy atom. The third-order valence-electron chi connectivity index (χ3n) is 4.11. The molecule has 1 aliphatic carbocycles. The molecule has 5 nitrogen and oxygen atoms in total. The van der Waals surface area contributed by atoms with Gasteiger partial charge in [-0.15, -0.1) is 13.2 Å². The summed E-state index contributed by atoms with van der Waals surface area (Å²) in [6.45, 7) is 15.0. The zero-order valence-corrected chi connectivity index (χ0v) is 17.0. The SMILES string of the molecule is C=CC.C=CCC(NC(C)=O)C1=C(NC2CCCCC2)CNC1=O.CC. The first-order valence-corrected chi connectivity index (χ1v) is 9.76. The Kier molecular flexibility index (Phi) is 13.1. The van der Waals surface area contributed by atoms with Gasteiger partial charge in [0, 0.05) is 18.7 Å². The lowest BCUT2D eigenvalue weighted by Crippen LogP contribution is -2.39. The van der Waals surface area contributed by atoms with Gasteiger partial charge in [-0.3, -0.25) is 9.59 Å². The highest BCUT2D eigenvalue weighted by Gasteiger charge is 2.30. The number of rotatable bonds is 6. The van der Waals surface area contributed by atoms with Crippen LogP contribution in [0.15, 0.2) is 36.6 Å². The van der Waals surface area contributed by atoms with Crippen molar-refractivity contribution in [1.82, 2.24) is 16.0 Å². The van der Waals surface area contributed by atoms with Crippen LogP contribution in [0.25, 0.3) is 0 Å². The van der Waals surface area contributed by atoms with Crippen LogP contribution in [0.4, 0.5) is 0 Å². The molecule has 1 fully saturated rings. The van der Waals surface area contributed by atoms with E-state index in [0.29, 0.717) is 24.6 Å². The number of allylic oxidation sites excluding steroid dienone is 1. The second-order valence-electron chi connectivity index (χ2n) is 6.24. The van der Waals surface area contributed by atoms with Crippen LogP contribution in [-0.4, -0.2) is 30.4 Å². The molecule has 0 saturated heterocycles. The van der Waals surface area contributed by atoms with Gasteiger partial charge < -0.3 is 16.0 Å². The Labute approximate surface area is 159 Å². The van der Waals surface area contributed by atoms with Crippen molar-refractivity contribution in [2.75, 3.05) is 6.54 Å². The number of amides is 2. The topological polar surface area (TPSA) is 70.2 Å². The molecule has 1 atom stereocenters. The Bertz CT molecular complexity index is 491. The second-order valence-corrected chi connectivity index (χ2v) is 6.24. The van der Waals surface area contributed by atoms with Crippen molar-refractivity contribution >= 4 is 11.8 Å². The van der Waals surface area contributed by atoms with E-state index < -0.39 is 0 Å². The Balaban J connectivity index is 0.00000113. The van der Waals surface area contributed by atoms with Crippen LogP contribution in [0.5, 0.6) is 0 Å². The molecule has 1 aliphatic heterocycles. The molecule has 2 rings (SSSR count). The maximum absolute atomic E-state index is 12.1. The molecule has 1 unspecified atom stereocenters. The van der Waals surface area contributed by atoms with Crippen LogP contribution >= 0.6 is 0 Å². The Morgan fingerprint density at radius 2 is 1.85 bits per heavy atom. The van der Waals surface area contributed by atoms with Gasteiger partial charge in [-0.05, 0) is 26.2 Å². The lowest BCUT2D eigenvalue weighted by atomic mass is 9.94. The van der Waals surface area contributed by atoms with Crippen molar-refractivity contribution in [1.29, 1.82) is 0 Å². The fraction of sp³-hybridized carbons (Fsp3) is 0.619. The third kappa shape index (κ3) is 8.37. The van der Waals surface area contributed by atoms with E-state index in [2.05, 4.69) is 29.1 Å². The van der Waals surface area contributed by atoms with E-state index in [9.17, 15) is 9.59 Å². The zero-order chi connectivity index (χ0) is 19.9. The van der Waals surface area contributed by atoms with E-state index in [1.165, 1.54) is 26.2 Å². The minimum atomic E-state index is -0.298. The van der Waals surface area contributed by atoms with Crippen molar-refractivity contribution in [2.24, 2.45) is 0 Å². The Hall–Kier alpha value is -2.04. The van der Waals surface area contributed by atoms with Crippen molar-refractivity contribution in [2.45, 2.75) is 78.3 Å². The normalized spacial score (nSPS) is 17.6. The highest BCUT2D eigenvalue weighted by atomic mass is 16.2. The van der Waals surface area contributed by atoms with Crippen LogP contribution in [0.1, 0.15) is 66.2 Å². The standard InChI is InChI=1S/C16H25N3O2.C3H6.C2H6/c1-3-7-13(18-11(2)20)15-14(10-17-16(15)21)19-12-8-5-4-6-9-12;1-3-2;1-2/h3,12-13,19H,1,4-10H2,2H3,(H,17,21)(H,18,20);3H,1H2,2H3;1-2H3. The summed E-state index contributed by atoms with van der Waals surface area (Å²) in [7, 11) is 0. The van der Waals surface area contributed by atoms with Gasteiger partial charge in [0.25, 0.3) is 5.91 Å². The van der Waals surface area contributed by atoms with Crippen molar-refractivity contribution in [3.63, 3.8) is 0 Å². The van der Waals surface area contributed by atoms with Gasteiger partial charge in [-0.2, -0.15) is 0 Å². The van der Waals surface area contributed by atoms with E-state index in [0.717, 1.165) is 18.5 Å². The van der Waals surface area contributed by atoms with Gasteiger partial charge in [0.1, 0.15) is 0 Å². The molecule has 3 N–H and O–H groups in total. The monoisotopic (exact) mass is 363 g/mol. The van der Waals surface area contributed by atoms with Gasteiger partial charge in [-0.25, -0.2) is 0 Å². The number of nitrogens with one attached hydrogen (secondary N) is 3. The Morgan fingerprint density at radius 3 is 2.35 bits per heavy atom. The molecule has 0 bridgehead atoms. The third-order valence-corrected chi connectivity index (χ3v) is 4.11. The van der Waals surface area contributed by atoms with Gasteiger partial charge in [0.15, 0.2) is 0 Å². The van der Waals surface area contributed by atoms with Crippen LogP contribution < -0.4 is 16.0 Å². The van der Waals surface area contributed by atoms with E-state index in [1.807, 2.05) is 20.8 Å². The molecule has 1 saturated carbocycles. The molecule has 148 valence electrons. The molecule has 0 radical (unpaired) electrons. The number of carbonyl (C=O) groups is 2. The molecule has 1 heterocycles. The van der Waals surface area contributed by atoms with Gasteiger partial charge in [-0.1, -0.05) is 45.3 Å². The number of carbonyl (C=O) groups excluding carboxylic acids is 2. The van der Waals surface area contributed by atoms with Crippen LogP contribution in [-0.2, 0) is 9.59 Å². The molecule has 0 aromatic rings. The summed E-state index contributed by atoms with van der Waals surface area (Å²) in [6, 6.07) is 0.145. The van der Waals surface area contributed by atoms with E-state index in [-0.39, 0.29) is 17.9 Å². The molecular weight excluding hydrogens is 326 g/mol. The van der Waals surface area contributed by atoms with Crippen molar-refractivity contribution in [3.8, 4) is 0 Å². The largest absolute Gasteiger partial charge is 0.384 e. The predicted octanol–water partition coefficient (Wildman–Crippen LogP) is 3.59. The maximum Gasteiger partial charge on any atom is 0.251 e. The van der Waals surface area contributed by atoms with E-state index >= 15 is 0 Å². The van der Waals surface area contributed by atoms with Gasteiger partial charge >= 0.3 is 0 Å². The van der Waals surface area contributed by atoms with E-state index in [4.69, 9.17) is 0 Å². The molecule has 0 aromatic heterocycles. The highest BCUT2D eigenvalue weighted by molar-refractivity contribution is 5.98. The van der Waals surface area contributed by atoms with E-state index in [1.54, 1.807) is 12.2 Å². The lowest BCUT2D eigenvalue weighted by Gasteiger charge is -2.26. The number of hydrogen-bond acceptors (Lipinski definition) is 3. The van der Waals surface area contributed by atoms with Gasteiger partial charge in [0.2, 0.25) is 5.91 Å². The molecule has 0 spiro atoms. The summed E-state index contributed by atoms with van der Waals surface area (Å²) in [6.07, 6.45) is 10.1. The predicted molar refractivity (Wildman–Crippen MR) is 110 cm³/mol. The van der Waals surface area contributed by atoms with Crippen molar-refractivity contribution in [3.05, 3.63) is 36.6 Å². The van der Waals surface area contributed by atoms with Crippen molar-refractivity contribution < 1.29 is 9.59 Å². The summed E-state index contributed by atoms with van der Waals surface area (Å²) in [4.78, 5) is 23.5. The fourth-order valence-corrected chi connectivity index (χ4v) is 3.15. The zero-order valence-electron chi connectivity index (χ0n) is 17.0. The average Bonchev–Trinajstić information content (AvgIpc) is 2.98. The van der Waals surface area contributed by atoms with Gasteiger partial charge in [0.05, 0.1) is 18.2 Å². The summed E-state index contributed by atoms with van der Waals surface area (Å²) >= 11 is 0. The first-order chi connectivity index (χ1) is 12.5. The summed E-state index contributed by atoms with van der Waals surface area (Å²) < 4.78 is 0. The summed E-state index contributed by atoms with van der Waals surface area (Å²) in [5, 5.41) is 9.23. The van der Waals surface area contributed by atoms with Crippen LogP contribution in [0.2, 0.25) is 0 Å². The van der Waals surface area contributed by atoms with Crippen LogP contribution in [0.3, 0.4) is 0 Å². The molecular formula is C21H37N3O2. The molecule has 2 aliphatic rings. The summed E-state index contributed by atoms with van der Waals surface area (Å²) in [5.41, 5.74) is 1.60. The fourth-order valence-electron chi connectivity index (χ4n) is 3.15.